The lowest BCUT2D eigenvalue weighted by Crippen LogP contribution is -2.13. The standard InChI is InChI=1S/C9H11BrN2O.ClH/c1-13-8-3-2-7(10)4-6(8)5-9(11)12;/h2-4H,5H2,1H3,(H3,11,12);1H. The van der Waals surface area contributed by atoms with Gasteiger partial charge in [0, 0.05) is 16.5 Å². The van der Waals surface area contributed by atoms with Crippen molar-refractivity contribution in [2.24, 2.45) is 5.73 Å². The van der Waals surface area contributed by atoms with E-state index < -0.39 is 0 Å². The Morgan fingerprint density at radius 2 is 2.21 bits per heavy atom. The Labute approximate surface area is 97.7 Å². The highest BCUT2D eigenvalue weighted by Gasteiger charge is 2.04. The second kappa shape index (κ2) is 5.88. The molecular formula is C9H12BrClN2O. The first kappa shape index (κ1) is 13.3. The van der Waals surface area contributed by atoms with Gasteiger partial charge in [-0.25, -0.2) is 0 Å². The zero-order valence-electron chi connectivity index (χ0n) is 7.71. The Hall–Kier alpha value is -0.740. The number of rotatable bonds is 3. The number of hydrogen-bond donors (Lipinski definition) is 2. The molecule has 0 aromatic heterocycles. The molecule has 1 aromatic carbocycles. The molecule has 0 radical (unpaired) electrons. The van der Waals surface area contributed by atoms with Gasteiger partial charge in [0.05, 0.1) is 12.9 Å². The lowest BCUT2D eigenvalue weighted by Gasteiger charge is -2.07. The Balaban J connectivity index is 0.00000169. The summed E-state index contributed by atoms with van der Waals surface area (Å²) in [6, 6.07) is 5.64. The van der Waals surface area contributed by atoms with Gasteiger partial charge in [-0.3, -0.25) is 5.41 Å². The van der Waals surface area contributed by atoms with E-state index in [2.05, 4.69) is 15.9 Å². The third-order valence-corrected chi connectivity index (χ3v) is 2.12. The minimum atomic E-state index is 0. The molecule has 0 aliphatic rings. The van der Waals surface area contributed by atoms with Crippen molar-refractivity contribution < 1.29 is 4.74 Å². The predicted molar refractivity (Wildman–Crippen MR) is 63.6 cm³/mol. The fraction of sp³-hybridized carbons (Fsp3) is 0.222. The van der Waals surface area contributed by atoms with Crippen molar-refractivity contribution in [2.45, 2.75) is 6.42 Å². The highest BCUT2D eigenvalue weighted by atomic mass is 79.9. The molecule has 0 unspecified atom stereocenters. The minimum Gasteiger partial charge on any atom is -0.496 e. The summed E-state index contributed by atoms with van der Waals surface area (Å²) < 4.78 is 6.09. The van der Waals surface area contributed by atoms with Crippen LogP contribution in [0.15, 0.2) is 22.7 Å². The van der Waals surface area contributed by atoms with Crippen LogP contribution >= 0.6 is 28.3 Å². The first-order valence-electron chi connectivity index (χ1n) is 3.79. The van der Waals surface area contributed by atoms with Crippen molar-refractivity contribution in [1.29, 1.82) is 5.41 Å². The first-order chi connectivity index (χ1) is 6.13. The maximum atomic E-state index is 7.18. The van der Waals surface area contributed by atoms with Gasteiger partial charge in [-0.05, 0) is 18.2 Å². The second-order valence-corrected chi connectivity index (χ2v) is 3.57. The average Bonchev–Trinajstić information content (AvgIpc) is 2.03. The van der Waals surface area contributed by atoms with E-state index in [0.717, 1.165) is 15.8 Å². The van der Waals surface area contributed by atoms with Gasteiger partial charge in [0.1, 0.15) is 5.75 Å². The van der Waals surface area contributed by atoms with Crippen LogP contribution in [-0.2, 0) is 6.42 Å². The third kappa shape index (κ3) is 3.55. The topological polar surface area (TPSA) is 59.1 Å². The van der Waals surface area contributed by atoms with Crippen LogP contribution < -0.4 is 10.5 Å². The molecule has 0 heterocycles. The van der Waals surface area contributed by atoms with Gasteiger partial charge in [0.25, 0.3) is 0 Å². The number of amidine groups is 1. The van der Waals surface area contributed by atoms with E-state index in [-0.39, 0.29) is 18.2 Å². The van der Waals surface area contributed by atoms with Crippen LogP contribution in [0, 0.1) is 5.41 Å². The molecule has 0 saturated heterocycles. The van der Waals surface area contributed by atoms with Crippen molar-refractivity contribution in [3.8, 4) is 5.75 Å². The summed E-state index contributed by atoms with van der Waals surface area (Å²) in [5.41, 5.74) is 6.23. The summed E-state index contributed by atoms with van der Waals surface area (Å²) in [6.45, 7) is 0. The van der Waals surface area contributed by atoms with E-state index in [1.54, 1.807) is 7.11 Å². The Morgan fingerprint density at radius 3 is 2.71 bits per heavy atom. The fourth-order valence-electron chi connectivity index (χ4n) is 1.09. The molecule has 0 amide bonds. The smallest absolute Gasteiger partial charge is 0.122 e. The number of ether oxygens (including phenoxy) is 1. The molecule has 14 heavy (non-hydrogen) atoms. The molecule has 0 fully saturated rings. The van der Waals surface area contributed by atoms with Gasteiger partial charge in [0.2, 0.25) is 0 Å². The number of nitrogens with one attached hydrogen (secondary N) is 1. The summed E-state index contributed by atoms with van der Waals surface area (Å²) in [5.74, 6) is 0.898. The number of halogens is 2. The quantitative estimate of drug-likeness (QED) is 0.659. The minimum absolute atomic E-state index is 0. The van der Waals surface area contributed by atoms with E-state index in [1.807, 2.05) is 18.2 Å². The van der Waals surface area contributed by atoms with E-state index in [0.29, 0.717) is 6.42 Å². The molecular weight excluding hydrogens is 267 g/mol. The highest BCUT2D eigenvalue weighted by molar-refractivity contribution is 9.10. The third-order valence-electron chi connectivity index (χ3n) is 1.62. The average molecular weight is 280 g/mol. The van der Waals surface area contributed by atoms with Crippen molar-refractivity contribution in [2.75, 3.05) is 7.11 Å². The molecule has 0 bridgehead atoms. The zero-order chi connectivity index (χ0) is 9.84. The predicted octanol–water partition coefficient (Wildman–Crippen LogP) is 2.36. The van der Waals surface area contributed by atoms with Gasteiger partial charge >= 0.3 is 0 Å². The van der Waals surface area contributed by atoms with E-state index in [4.69, 9.17) is 15.9 Å². The van der Waals surface area contributed by atoms with Crippen LogP contribution in [0.5, 0.6) is 5.75 Å². The molecule has 0 spiro atoms. The zero-order valence-corrected chi connectivity index (χ0v) is 10.1. The lowest BCUT2D eigenvalue weighted by molar-refractivity contribution is 0.411. The van der Waals surface area contributed by atoms with E-state index >= 15 is 0 Å². The molecule has 1 aromatic rings. The fourth-order valence-corrected chi connectivity index (χ4v) is 1.50. The van der Waals surface area contributed by atoms with Gasteiger partial charge in [-0.2, -0.15) is 0 Å². The van der Waals surface area contributed by atoms with Crippen molar-refractivity contribution in [3.05, 3.63) is 28.2 Å². The van der Waals surface area contributed by atoms with E-state index in [9.17, 15) is 0 Å². The van der Waals surface area contributed by atoms with Crippen molar-refractivity contribution in [3.63, 3.8) is 0 Å². The molecule has 78 valence electrons. The van der Waals surface area contributed by atoms with Gasteiger partial charge in [-0.15, -0.1) is 12.4 Å². The van der Waals surface area contributed by atoms with Crippen LogP contribution in [-0.4, -0.2) is 12.9 Å². The number of hydrogen-bond acceptors (Lipinski definition) is 2. The largest absolute Gasteiger partial charge is 0.496 e. The number of methoxy groups -OCH3 is 1. The maximum Gasteiger partial charge on any atom is 0.122 e. The summed E-state index contributed by atoms with van der Waals surface area (Å²) in [7, 11) is 1.60. The summed E-state index contributed by atoms with van der Waals surface area (Å²) in [6.07, 6.45) is 0.419. The van der Waals surface area contributed by atoms with Crippen molar-refractivity contribution >= 4 is 34.2 Å². The molecule has 5 heteroatoms. The van der Waals surface area contributed by atoms with Crippen LogP contribution in [0.4, 0.5) is 0 Å². The first-order valence-corrected chi connectivity index (χ1v) is 4.58. The Kier molecular flexibility index (Phi) is 5.57. The van der Waals surface area contributed by atoms with Gasteiger partial charge in [0.15, 0.2) is 0 Å². The molecule has 3 N–H and O–H groups in total. The summed E-state index contributed by atoms with van der Waals surface area (Å²) >= 11 is 3.35. The van der Waals surface area contributed by atoms with Crippen LogP contribution in [0.3, 0.4) is 0 Å². The molecule has 0 aliphatic heterocycles. The lowest BCUT2D eigenvalue weighted by atomic mass is 10.1. The monoisotopic (exact) mass is 278 g/mol. The number of nitrogens with two attached hydrogens (primary N) is 1. The van der Waals surface area contributed by atoms with Crippen LogP contribution in [0.25, 0.3) is 0 Å². The second-order valence-electron chi connectivity index (χ2n) is 2.66. The Morgan fingerprint density at radius 1 is 1.57 bits per heavy atom. The molecule has 0 atom stereocenters. The summed E-state index contributed by atoms with van der Waals surface area (Å²) in [5, 5.41) is 7.18. The normalized spacial score (nSPS) is 9.00. The molecule has 3 nitrogen and oxygen atoms in total. The van der Waals surface area contributed by atoms with Crippen LogP contribution in [0.2, 0.25) is 0 Å². The van der Waals surface area contributed by atoms with Crippen LogP contribution in [0.1, 0.15) is 5.56 Å². The number of benzene rings is 1. The maximum absolute atomic E-state index is 7.18. The highest BCUT2D eigenvalue weighted by Crippen LogP contribution is 2.23. The summed E-state index contributed by atoms with van der Waals surface area (Å²) in [4.78, 5) is 0. The van der Waals surface area contributed by atoms with Gasteiger partial charge < -0.3 is 10.5 Å². The van der Waals surface area contributed by atoms with Crippen molar-refractivity contribution in [1.82, 2.24) is 0 Å². The molecule has 1 rings (SSSR count). The molecule has 0 aliphatic carbocycles. The molecule has 0 saturated carbocycles. The van der Waals surface area contributed by atoms with E-state index in [1.165, 1.54) is 0 Å². The Bertz CT molecular complexity index is 331. The van der Waals surface area contributed by atoms with Gasteiger partial charge in [-0.1, -0.05) is 15.9 Å². The SMILES string of the molecule is COc1ccc(Br)cc1CC(=N)N.Cl.